The highest BCUT2D eigenvalue weighted by Crippen LogP contribution is 2.21. The van der Waals surface area contributed by atoms with Crippen molar-refractivity contribution in [3.05, 3.63) is 65.9 Å². The molecule has 0 fully saturated rings. The highest BCUT2D eigenvalue weighted by molar-refractivity contribution is 6.06. The molecule has 0 atom stereocenters. The Kier molecular flexibility index (Phi) is 6.61. The first kappa shape index (κ1) is 18.1. The molecule has 2 aromatic carbocycles. The summed E-state index contributed by atoms with van der Waals surface area (Å²) >= 11 is 0. The van der Waals surface area contributed by atoms with Crippen molar-refractivity contribution in [2.24, 2.45) is 0 Å². The zero-order valence-corrected chi connectivity index (χ0v) is 14.1. The van der Waals surface area contributed by atoms with Crippen molar-refractivity contribution in [1.29, 1.82) is 5.26 Å². The number of aryl methyl sites for hydroxylation is 1. The summed E-state index contributed by atoms with van der Waals surface area (Å²) < 4.78 is 0. The number of phenolic OH excluding ortho intramolecular Hbond substituents is 1. The fourth-order valence-corrected chi connectivity index (χ4v) is 2.23. The minimum atomic E-state index is -0.508. The Morgan fingerprint density at radius 3 is 2.56 bits per heavy atom. The molecule has 5 heteroatoms. The van der Waals surface area contributed by atoms with E-state index in [0.717, 1.165) is 19.3 Å². The van der Waals surface area contributed by atoms with Gasteiger partial charge < -0.3 is 15.7 Å². The van der Waals surface area contributed by atoms with Crippen LogP contribution in [0.3, 0.4) is 0 Å². The first-order valence-electron chi connectivity index (χ1n) is 8.19. The lowest BCUT2D eigenvalue weighted by Crippen LogP contribution is -2.14. The van der Waals surface area contributed by atoms with Crippen LogP contribution in [0.15, 0.2) is 60.3 Å². The molecule has 0 aromatic heterocycles. The van der Waals surface area contributed by atoms with Crippen molar-refractivity contribution in [3.8, 4) is 11.8 Å². The molecule has 128 valence electrons. The lowest BCUT2D eigenvalue weighted by Gasteiger charge is -2.07. The minimum absolute atomic E-state index is 0.0408. The number of amides is 1. The van der Waals surface area contributed by atoms with Gasteiger partial charge in [-0.2, -0.15) is 5.26 Å². The fourth-order valence-electron chi connectivity index (χ4n) is 2.23. The third kappa shape index (κ3) is 5.40. The first-order chi connectivity index (χ1) is 12.1. The van der Waals surface area contributed by atoms with Crippen LogP contribution < -0.4 is 10.6 Å². The molecule has 0 heterocycles. The van der Waals surface area contributed by atoms with E-state index in [2.05, 4.69) is 17.6 Å². The summed E-state index contributed by atoms with van der Waals surface area (Å²) in [7, 11) is 0. The smallest absolute Gasteiger partial charge is 0.267 e. The average molecular weight is 335 g/mol. The largest absolute Gasteiger partial charge is 0.506 e. The third-order valence-electron chi connectivity index (χ3n) is 3.67. The van der Waals surface area contributed by atoms with Crippen molar-refractivity contribution in [3.63, 3.8) is 0 Å². The molecule has 0 aliphatic rings. The van der Waals surface area contributed by atoms with E-state index in [4.69, 9.17) is 0 Å². The van der Waals surface area contributed by atoms with Gasteiger partial charge in [0.1, 0.15) is 17.4 Å². The van der Waals surface area contributed by atoms with Crippen molar-refractivity contribution in [1.82, 2.24) is 0 Å². The monoisotopic (exact) mass is 335 g/mol. The zero-order chi connectivity index (χ0) is 18.1. The van der Waals surface area contributed by atoms with Gasteiger partial charge >= 0.3 is 0 Å². The summed E-state index contributed by atoms with van der Waals surface area (Å²) in [5.41, 5.74) is 2.19. The van der Waals surface area contributed by atoms with Crippen LogP contribution in [-0.2, 0) is 11.2 Å². The highest BCUT2D eigenvalue weighted by atomic mass is 16.3. The maximum atomic E-state index is 12.2. The van der Waals surface area contributed by atoms with Gasteiger partial charge in [0.15, 0.2) is 0 Å². The molecule has 0 unspecified atom stereocenters. The van der Waals surface area contributed by atoms with Gasteiger partial charge in [0, 0.05) is 11.9 Å². The number of hydrogen-bond acceptors (Lipinski definition) is 4. The Bertz CT molecular complexity index is 789. The number of nitrogens with one attached hydrogen (secondary N) is 2. The first-order valence-corrected chi connectivity index (χ1v) is 8.19. The lowest BCUT2D eigenvalue weighted by atomic mass is 10.1. The predicted octanol–water partition coefficient (Wildman–Crippen LogP) is 4.19. The number of phenols is 1. The molecule has 25 heavy (non-hydrogen) atoms. The van der Waals surface area contributed by atoms with Crippen LogP contribution in [0.25, 0.3) is 0 Å². The molecule has 2 rings (SSSR count). The third-order valence-corrected chi connectivity index (χ3v) is 3.67. The van der Waals surface area contributed by atoms with Gasteiger partial charge in [0.05, 0.1) is 5.69 Å². The topological polar surface area (TPSA) is 85.2 Å². The van der Waals surface area contributed by atoms with Gasteiger partial charge in [-0.1, -0.05) is 37.6 Å². The summed E-state index contributed by atoms with van der Waals surface area (Å²) in [6.07, 6.45) is 4.56. The number of para-hydroxylation sites is 2. The quantitative estimate of drug-likeness (QED) is 0.402. The molecular weight excluding hydrogens is 314 g/mol. The molecule has 5 nitrogen and oxygen atoms in total. The number of benzene rings is 2. The number of carbonyl (C=O) groups is 1. The van der Waals surface area contributed by atoms with E-state index in [1.165, 1.54) is 17.8 Å². The molecule has 0 spiro atoms. The second kappa shape index (κ2) is 9.14. The molecule has 0 aliphatic heterocycles. The molecule has 0 aliphatic carbocycles. The van der Waals surface area contributed by atoms with E-state index < -0.39 is 5.91 Å². The van der Waals surface area contributed by atoms with Gasteiger partial charge in [0.2, 0.25) is 0 Å². The second-order valence-electron chi connectivity index (χ2n) is 5.59. The van der Waals surface area contributed by atoms with Gasteiger partial charge in [-0.15, -0.1) is 0 Å². The predicted molar refractivity (Wildman–Crippen MR) is 99.1 cm³/mol. The van der Waals surface area contributed by atoms with E-state index >= 15 is 0 Å². The van der Waals surface area contributed by atoms with Crippen LogP contribution in [-0.4, -0.2) is 11.0 Å². The van der Waals surface area contributed by atoms with Gasteiger partial charge in [-0.05, 0) is 42.7 Å². The van der Waals surface area contributed by atoms with Crippen molar-refractivity contribution >= 4 is 17.3 Å². The van der Waals surface area contributed by atoms with E-state index in [9.17, 15) is 15.2 Å². The van der Waals surface area contributed by atoms with Crippen molar-refractivity contribution in [2.45, 2.75) is 26.2 Å². The van der Waals surface area contributed by atoms with Gasteiger partial charge in [-0.25, -0.2) is 0 Å². The number of rotatable bonds is 7. The van der Waals surface area contributed by atoms with Crippen molar-refractivity contribution in [2.75, 3.05) is 10.6 Å². The average Bonchev–Trinajstić information content (AvgIpc) is 2.63. The Balaban J connectivity index is 2.01. The van der Waals surface area contributed by atoms with Crippen LogP contribution in [0.2, 0.25) is 0 Å². The van der Waals surface area contributed by atoms with Crippen LogP contribution in [0.4, 0.5) is 11.4 Å². The molecule has 2 aromatic rings. The number of unbranched alkanes of at least 4 members (excludes halogenated alkanes) is 1. The number of nitriles is 1. The number of carbonyl (C=O) groups excluding carboxylic acids is 1. The molecular formula is C20H21N3O2. The highest BCUT2D eigenvalue weighted by Gasteiger charge is 2.09. The summed E-state index contributed by atoms with van der Waals surface area (Å²) in [5.74, 6) is -0.467. The summed E-state index contributed by atoms with van der Waals surface area (Å²) in [6, 6.07) is 16.0. The molecule has 0 saturated heterocycles. The standard InChI is InChI=1S/C20H21N3O2/c1-2-3-6-15-9-11-17(12-10-15)23-20(25)16(13-21)14-22-18-7-4-5-8-19(18)24/h4-5,7-12,14,22,24H,2-3,6H2,1H3,(H,23,25)/b16-14-. The Morgan fingerprint density at radius 1 is 1.20 bits per heavy atom. The molecule has 0 saturated carbocycles. The van der Waals surface area contributed by atoms with Crippen molar-refractivity contribution < 1.29 is 9.90 Å². The summed E-state index contributed by atoms with van der Waals surface area (Å²) in [4.78, 5) is 12.2. The van der Waals surface area contributed by atoms with Gasteiger partial charge in [0.25, 0.3) is 5.91 Å². The summed E-state index contributed by atoms with van der Waals surface area (Å²) in [5, 5.41) is 24.3. The van der Waals surface area contributed by atoms with Gasteiger partial charge in [-0.3, -0.25) is 4.79 Å². The number of anilines is 2. The normalized spacial score (nSPS) is 10.8. The number of hydrogen-bond donors (Lipinski definition) is 3. The Morgan fingerprint density at radius 2 is 1.92 bits per heavy atom. The molecule has 0 bridgehead atoms. The van der Waals surface area contributed by atoms with E-state index in [-0.39, 0.29) is 11.3 Å². The molecule has 0 radical (unpaired) electrons. The zero-order valence-electron chi connectivity index (χ0n) is 14.1. The van der Waals surface area contributed by atoms with Crippen LogP contribution in [0.1, 0.15) is 25.3 Å². The van der Waals surface area contributed by atoms with E-state index in [1.54, 1.807) is 18.2 Å². The SMILES string of the molecule is CCCCc1ccc(NC(=O)/C(C#N)=C\Nc2ccccc2O)cc1. The van der Waals surface area contributed by atoms with Crippen LogP contribution >= 0.6 is 0 Å². The second-order valence-corrected chi connectivity index (χ2v) is 5.59. The lowest BCUT2D eigenvalue weighted by molar-refractivity contribution is -0.112. The van der Waals surface area contributed by atoms with E-state index in [1.807, 2.05) is 30.3 Å². The van der Waals surface area contributed by atoms with E-state index in [0.29, 0.717) is 11.4 Å². The number of nitrogens with zero attached hydrogens (tertiary/aromatic N) is 1. The summed E-state index contributed by atoms with van der Waals surface area (Å²) in [6.45, 7) is 2.15. The minimum Gasteiger partial charge on any atom is -0.506 e. The van der Waals surface area contributed by atoms with Crippen LogP contribution in [0.5, 0.6) is 5.75 Å². The Labute approximate surface area is 147 Å². The Hall–Kier alpha value is -3.26. The molecule has 3 N–H and O–H groups in total. The fraction of sp³-hybridized carbons (Fsp3) is 0.200. The van der Waals surface area contributed by atoms with Crippen LogP contribution in [0, 0.1) is 11.3 Å². The maximum absolute atomic E-state index is 12.2. The molecule has 1 amide bonds. The number of aromatic hydroxyl groups is 1. The maximum Gasteiger partial charge on any atom is 0.267 e.